The Kier molecular flexibility index (Phi) is 9.27. The van der Waals surface area contributed by atoms with E-state index in [4.69, 9.17) is 27.9 Å². The van der Waals surface area contributed by atoms with Gasteiger partial charge in [-0.25, -0.2) is 4.98 Å². The van der Waals surface area contributed by atoms with Gasteiger partial charge in [0.25, 0.3) is 5.91 Å². The lowest BCUT2D eigenvalue weighted by atomic mass is 10.1. The second kappa shape index (κ2) is 13.1. The van der Waals surface area contributed by atoms with E-state index >= 15 is 0 Å². The topological polar surface area (TPSA) is 84.7 Å². The number of nitrogens with zero attached hydrogens (tertiary/aromatic N) is 4. The summed E-state index contributed by atoms with van der Waals surface area (Å²) in [7, 11) is 6.73. The van der Waals surface area contributed by atoms with E-state index in [-0.39, 0.29) is 30.6 Å². The number of ether oxygens (including phenoxy) is 1. The Hall–Kier alpha value is -4.66. The van der Waals surface area contributed by atoms with E-state index in [1.807, 2.05) is 37.3 Å². The molecule has 0 aliphatic rings. The number of aryl methyl sites for hydroxylation is 1. The summed E-state index contributed by atoms with van der Waals surface area (Å²) in [5.41, 5.74) is 4.66. The summed E-state index contributed by atoms with van der Waals surface area (Å²) in [4.78, 5) is 46.4. The molecule has 0 spiro atoms. The molecule has 5 aromatic rings. The monoisotopic (exact) mass is 642 g/mol. The van der Waals surface area contributed by atoms with Gasteiger partial charge in [0.1, 0.15) is 17.9 Å². The number of benzene rings is 3. The molecule has 2 aromatic heterocycles. The molecule has 0 bridgehead atoms. The first-order valence-corrected chi connectivity index (χ1v) is 15.0. The molecular formula is C35H32Cl2N4O4. The molecule has 8 nitrogen and oxygen atoms in total. The minimum absolute atomic E-state index is 0.0301. The fourth-order valence-electron chi connectivity index (χ4n) is 5.00. The maximum atomic E-state index is 13.4. The Bertz CT molecular complexity index is 1930. The van der Waals surface area contributed by atoms with Gasteiger partial charge in [0, 0.05) is 66.7 Å². The molecule has 0 aliphatic heterocycles. The summed E-state index contributed by atoms with van der Waals surface area (Å²) < 4.78 is 7.83. The lowest BCUT2D eigenvalue weighted by molar-refractivity contribution is -0.117. The van der Waals surface area contributed by atoms with Crippen LogP contribution < -0.4 is 9.64 Å². The number of carbonyl (C=O) groups is 3. The summed E-state index contributed by atoms with van der Waals surface area (Å²) in [6, 6.07) is 23.0. The van der Waals surface area contributed by atoms with E-state index in [9.17, 15) is 14.4 Å². The Balaban J connectivity index is 1.31. The van der Waals surface area contributed by atoms with E-state index in [1.165, 1.54) is 9.80 Å². The Morgan fingerprint density at radius 2 is 1.58 bits per heavy atom. The predicted octanol–water partition coefficient (Wildman–Crippen LogP) is 6.91. The number of ketones is 1. The van der Waals surface area contributed by atoms with Crippen molar-refractivity contribution in [3.8, 4) is 5.75 Å². The number of anilines is 1. The number of carbonyl (C=O) groups excluding carboxylic acids is 3. The van der Waals surface area contributed by atoms with Crippen molar-refractivity contribution in [2.75, 3.05) is 26.0 Å². The predicted molar refractivity (Wildman–Crippen MR) is 178 cm³/mol. The van der Waals surface area contributed by atoms with Crippen LogP contribution in [-0.2, 0) is 24.9 Å². The van der Waals surface area contributed by atoms with Crippen molar-refractivity contribution in [1.29, 1.82) is 0 Å². The quantitative estimate of drug-likeness (QED) is 0.163. The van der Waals surface area contributed by atoms with Crippen LogP contribution in [0.25, 0.3) is 10.9 Å². The number of amides is 2. The molecule has 0 aliphatic carbocycles. The molecule has 2 heterocycles. The Morgan fingerprint density at radius 3 is 2.29 bits per heavy atom. The lowest BCUT2D eigenvalue weighted by Gasteiger charge is -2.21. The van der Waals surface area contributed by atoms with Crippen molar-refractivity contribution in [1.82, 2.24) is 14.5 Å². The highest BCUT2D eigenvalue weighted by atomic mass is 35.5. The highest BCUT2D eigenvalue weighted by molar-refractivity contribution is 6.38. The SMILES string of the molecule is Cc1ccc2cccc(OCc3c(Cl)ccc(N(C)C(=O)Cc4ccc(C(=O)c5ccc(C(=O)N(C)C)cc5)n4C)c3Cl)c2n1. The molecule has 230 valence electrons. The van der Waals surface area contributed by atoms with Crippen LogP contribution in [0.2, 0.25) is 10.0 Å². The number of hydrogen-bond acceptors (Lipinski definition) is 5. The van der Waals surface area contributed by atoms with Gasteiger partial charge in [0.15, 0.2) is 0 Å². The third-order valence-electron chi connectivity index (χ3n) is 7.69. The van der Waals surface area contributed by atoms with Gasteiger partial charge >= 0.3 is 0 Å². The zero-order chi connectivity index (χ0) is 32.4. The summed E-state index contributed by atoms with van der Waals surface area (Å²) in [5, 5.41) is 1.68. The van der Waals surface area contributed by atoms with Gasteiger partial charge in [-0.1, -0.05) is 53.5 Å². The molecule has 0 atom stereocenters. The first kappa shape index (κ1) is 31.8. The Morgan fingerprint density at radius 1 is 0.867 bits per heavy atom. The average molecular weight is 644 g/mol. The van der Waals surface area contributed by atoms with Crippen molar-refractivity contribution in [2.24, 2.45) is 7.05 Å². The first-order chi connectivity index (χ1) is 21.5. The van der Waals surface area contributed by atoms with Crippen LogP contribution in [0.5, 0.6) is 5.75 Å². The van der Waals surface area contributed by atoms with Crippen molar-refractivity contribution in [3.63, 3.8) is 0 Å². The number of pyridine rings is 1. The van der Waals surface area contributed by atoms with Crippen molar-refractivity contribution in [2.45, 2.75) is 20.0 Å². The van der Waals surface area contributed by atoms with E-state index in [0.29, 0.717) is 49.6 Å². The third kappa shape index (κ3) is 6.57. The van der Waals surface area contributed by atoms with Gasteiger partial charge in [-0.3, -0.25) is 14.4 Å². The number of halogens is 2. The van der Waals surface area contributed by atoms with Gasteiger partial charge in [-0.15, -0.1) is 0 Å². The fraction of sp³-hybridized carbons (Fsp3) is 0.200. The van der Waals surface area contributed by atoms with Crippen molar-refractivity contribution >= 4 is 57.4 Å². The van der Waals surface area contributed by atoms with Crippen LogP contribution in [-0.4, -0.2) is 53.2 Å². The highest BCUT2D eigenvalue weighted by Crippen LogP contribution is 2.35. The normalized spacial score (nSPS) is 11.0. The largest absolute Gasteiger partial charge is 0.487 e. The minimum atomic E-state index is -0.230. The molecule has 10 heteroatoms. The zero-order valence-electron chi connectivity index (χ0n) is 25.6. The number of fused-ring (bicyclic) bond motifs is 1. The molecule has 0 fully saturated rings. The van der Waals surface area contributed by atoms with E-state index in [0.717, 1.165) is 16.6 Å². The second-order valence-electron chi connectivity index (χ2n) is 10.9. The van der Waals surface area contributed by atoms with Gasteiger partial charge in [-0.05, 0) is 55.5 Å². The molecular weight excluding hydrogens is 611 g/mol. The maximum absolute atomic E-state index is 13.4. The molecule has 0 N–H and O–H groups in total. The van der Waals surface area contributed by atoms with Gasteiger partial charge in [0.05, 0.1) is 22.8 Å². The summed E-state index contributed by atoms with van der Waals surface area (Å²) in [6.07, 6.45) is 0.0301. The summed E-state index contributed by atoms with van der Waals surface area (Å²) in [6.45, 7) is 2.00. The van der Waals surface area contributed by atoms with Crippen LogP contribution in [0.1, 0.15) is 43.4 Å². The molecule has 0 radical (unpaired) electrons. The standard InChI is InChI=1S/C35H32Cl2N4O4/c1-21-9-10-22-7-6-8-30(33(22)38-21)45-20-26-27(36)16-18-28(32(26)37)41(5)31(42)19-25-15-17-29(40(25)4)34(43)23-11-13-24(14-12-23)35(44)39(2)3/h6-18H,19-20H2,1-5H3. The van der Waals surface area contributed by atoms with Crippen LogP contribution in [0.15, 0.2) is 78.9 Å². The molecule has 0 unspecified atom stereocenters. The molecule has 0 saturated heterocycles. The molecule has 3 aromatic carbocycles. The lowest BCUT2D eigenvalue weighted by Crippen LogP contribution is -2.29. The third-order valence-corrected chi connectivity index (χ3v) is 8.46. The minimum Gasteiger partial charge on any atom is -0.487 e. The molecule has 5 rings (SSSR count). The van der Waals surface area contributed by atoms with Gasteiger partial charge in [0.2, 0.25) is 11.7 Å². The van der Waals surface area contributed by atoms with Crippen LogP contribution in [0, 0.1) is 6.92 Å². The van der Waals surface area contributed by atoms with Crippen molar-refractivity contribution < 1.29 is 19.1 Å². The zero-order valence-corrected chi connectivity index (χ0v) is 27.1. The van der Waals surface area contributed by atoms with Gasteiger partial charge < -0.3 is 19.1 Å². The number of aromatic nitrogens is 2. The summed E-state index contributed by atoms with van der Waals surface area (Å²) >= 11 is 13.3. The average Bonchev–Trinajstić information content (AvgIpc) is 3.39. The summed E-state index contributed by atoms with van der Waals surface area (Å²) in [5.74, 6) is 0.0162. The van der Waals surface area contributed by atoms with E-state index < -0.39 is 0 Å². The smallest absolute Gasteiger partial charge is 0.253 e. The van der Waals surface area contributed by atoms with Crippen LogP contribution in [0.3, 0.4) is 0 Å². The number of likely N-dealkylation sites (N-methyl/N-ethyl adjacent to an activating group) is 1. The van der Waals surface area contributed by atoms with Crippen molar-refractivity contribution in [3.05, 3.63) is 123 Å². The van der Waals surface area contributed by atoms with Gasteiger partial charge in [-0.2, -0.15) is 0 Å². The highest BCUT2D eigenvalue weighted by Gasteiger charge is 2.22. The Labute approximate surface area is 271 Å². The number of rotatable bonds is 9. The number of para-hydroxylation sites is 1. The molecule has 2 amide bonds. The van der Waals surface area contributed by atoms with Crippen LogP contribution >= 0.6 is 23.2 Å². The maximum Gasteiger partial charge on any atom is 0.253 e. The molecule has 45 heavy (non-hydrogen) atoms. The molecule has 0 saturated carbocycles. The fourth-order valence-corrected chi connectivity index (χ4v) is 5.60. The number of hydrogen-bond donors (Lipinski definition) is 0. The second-order valence-corrected chi connectivity index (χ2v) is 11.7. The van der Waals surface area contributed by atoms with E-state index in [2.05, 4.69) is 4.98 Å². The van der Waals surface area contributed by atoms with E-state index in [1.54, 1.807) is 81.3 Å². The van der Waals surface area contributed by atoms with Crippen LogP contribution in [0.4, 0.5) is 5.69 Å². The first-order valence-electron chi connectivity index (χ1n) is 14.2.